The number of ether oxygens (including phenoxy) is 1. The maximum absolute atomic E-state index is 13.6. The molecule has 1 aromatic carbocycles. The third kappa shape index (κ3) is 3.83. The van der Waals surface area contributed by atoms with Crippen LogP contribution in [-0.2, 0) is 15.8 Å². The molecule has 0 unspecified atom stereocenters. The van der Waals surface area contributed by atoms with Gasteiger partial charge in [0.25, 0.3) is 0 Å². The van der Waals surface area contributed by atoms with Gasteiger partial charge < -0.3 is 4.74 Å². The number of hydrogen-bond acceptors (Lipinski definition) is 5. The van der Waals surface area contributed by atoms with Crippen molar-refractivity contribution in [3.05, 3.63) is 54.2 Å². The summed E-state index contributed by atoms with van der Waals surface area (Å²) in [5.74, 6) is -0.442. The van der Waals surface area contributed by atoms with E-state index in [1.165, 1.54) is 28.8 Å². The van der Waals surface area contributed by atoms with Crippen molar-refractivity contribution in [1.29, 1.82) is 0 Å². The molecule has 0 N–H and O–H groups in total. The van der Waals surface area contributed by atoms with Crippen molar-refractivity contribution < 1.29 is 17.5 Å². The Kier molecular flexibility index (Phi) is 4.53. The molecule has 1 saturated heterocycles. The maximum Gasteiger partial charge on any atom is 0.218 e. The smallest absolute Gasteiger partial charge is 0.218 e. The van der Waals surface area contributed by atoms with Crippen LogP contribution < -0.4 is 4.74 Å². The fraction of sp³-hybridized carbons (Fsp3) is 0.333. The highest BCUT2D eigenvalue weighted by molar-refractivity contribution is 7.88. The van der Waals surface area contributed by atoms with Crippen LogP contribution in [0.3, 0.4) is 0 Å². The Balaban J connectivity index is 1.65. The molecular formula is C15H16FN3O3S. The van der Waals surface area contributed by atoms with E-state index in [1.807, 2.05) is 0 Å². The van der Waals surface area contributed by atoms with Crippen molar-refractivity contribution in [2.75, 3.05) is 13.1 Å². The molecule has 6 nitrogen and oxygen atoms in total. The number of rotatable bonds is 5. The molecule has 0 saturated carbocycles. The van der Waals surface area contributed by atoms with Gasteiger partial charge in [-0.05, 0) is 12.5 Å². The molecule has 0 radical (unpaired) electrons. The summed E-state index contributed by atoms with van der Waals surface area (Å²) in [4.78, 5) is 7.75. The van der Waals surface area contributed by atoms with Gasteiger partial charge in [-0.15, -0.1) is 0 Å². The zero-order chi connectivity index (χ0) is 16.3. The lowest BCUT2D eigenvalue weighted by Crippen LogP contribution is -2.32. The molecule has 2 aromatic rings. The highest BCUT2D eigenvalue weighted by atomic mass is 32.2. The average molecular weight is 337 g/mol. The molecule has 23 heavy (non-hydrogen) atoms. The third-order valence-corrected chi connectivity index (χ3v) is 5.43. The molecule has 1 fully saturated rings. The van der Waals surface area contributed by atoms with Crippen molar-refractivity contribution in [1.82, 2.24) is 14.3 Å². The lowest BCUT2D eigenvalue weighted by atomic mass is 10.2. The summed E-state index contributed by atoms with van der Waals surface area (Å²) in [6, 6.07) is 7.52. The van der Waals surface area contributed by atoms with Crippen LogP contribution in [0, 0.1) is 5.82 Å². The second-order valence-electron chi connectivity index (χ2n) is 5.28. The standard InChI is InChI=1S/C15H16FN3O3S/c16-14-4-2-1-3-12(14)10-23(20,21)19-8-6-13(9-19)22-15-5-7-17-11-18-15/h1-5,7,11,13H,6,8-10H2/t13-/m0/s1. The lowest BCUT2D eigenvalue weighted by molar-refractivity contribution is 0.206. The van der Waals surface area contributed by atoms with Crippen LogP contribution in [0.2, 0.25) is 0 Å². The van der Waals surface area contributed by atoms with Gasteiger partial charge in [0, 0.05) is 24.4 Å². The number of hydrogen-bond donors (Lipinski definition) is 0. The van der Waals surface area contributed by atoms with Gasteiger partial charge in [-0.25, -0.2) is 22.8 Å². The number of benzene rings is 1. The zero-order valence-corrected chi connectivity index (χ0v) is 13.1. The molecule has 0 bridgehead atoms. The number of halogens is 1. The van der Waals surface area contributed by atoms with Crippen LogP contribution in [0.25, 0.3) is 0 Å². The first kappa shape index (κ1) is 15.8. The van der Waals surface area contributed by atoms with E-state index in [9.17, 15) is 12.8 Å². The van der Waals surface area contributed by atoms with E-state index in [1.54, 1.807) is 18.3 Å². The predicted octanol–water partition coefficient (Wildman–Crippen LogP) is 1.60. The van der Waals surface area contributed by atoms with Gasteiger partial charge in [0.2, 0.25) is 15.9 Å². The van der Waals surface area contributed by atoms with E-state index in [-0.39, 0.29) is 24.0 Å². The second-order valence-corrected chi connectivity index (χ2v) is 7.25. The first-order valence-corrected chi connectivity index (χ1v) is 8.79. The topological polar surface area (TPSA) is 72.4 Å². The van der Waals surface area contributed by atoms with E-state index in [0.717, 1.165) is 0 Å². The van der Waals surface area contributed by atoms with E-state index >= 15 is 0 Å². The summed E-state index contributed by atoms with van der Waals surface area (Å²) in [5.41, 5.74) is 0.174. The van der Waals surface area contributed by atoms with E-state index in [2.05, 4.69) is 9.97 Å². The Morgan fingerprint density at radius 3 is 2.87 bits per heavy atom. The molecule has 1 aliphatic heterocycles. The zero-order valence-electron chi connectivity index (χ0n) is 12.3. The maximum atomic E-state index is 13.6. The van der Waals surface area contributed by atoms with Crippen molar-refractivity contribution in [3.8, 4) is 5.88 Å². The summed E-state index contributed by atoms with van der Waals surface area (Å²) in [6.07, 6.45) is 3.24. The molecule has 0 aliphatic carbocycles. The predicted molar refractivity (Wildman–Crippen MR) is 81.7 cm³/mol. The molecule has 3 rings (SSSR count). The normalized spacial score (nSPS) is 18.9. The summed E-state index contributed by atoms with van der Waals surface area (Å²) in [5, 5.41) is 0. The van der Waals surface area contributed by atoms with Crippen molar-refractivity contribution in [3.63, 3.8) is 0 Å². The molecule has 1 atom stereocenters. The lowest BCUT2D eigenvalue weighted by Gasteiger charge is -2.17. The Bertz CT molecular complexity index is 771. The van der Waals surface area contributed by atoms with Crippen molar-refractivity contribution >= 4 is 10.0 Å². The van der Waals surface area contributed by atoms with Crippen LogP contribution in [0.4, 0.5) is 4.39 Å². The Morgan fingerprint density at radius 1 is 1.30 bits per heavy atom. The van der Waals surface area contributed by atoms with Gasteiger partial charge >= 0.3 is 0 Å². The quantitative estimate of drug-likeness (QED) is 0.829. The number of nitrogens with zero attached hydrogens (tertiary/aromatic N) is 3. The molecule has 2 heterocycles. The Hall–Kier alpha value is -2.06. The minimum absolute atomic E-state index is 0.174. The van der Waals surface area contributed by atoms with Gasteiger partial charge in [-0.3, -0.25) is 0 Å². The first-order chi connectivity index (χ1) is 11.0. The van der Waals surface area contributed by atoms with Gasteiger partial charge in [0.05, 0.1) is 12.3 Å². The van der Waals surface area contributed by atoms with Gasteiger partial charge in [0.1, 0.15) is 18.2 Å². The highest BCUT2D eigenvalue weighted by Crippen LogP contribution is 2.21. The first-order valence-electron chi connectivity index (χ1n) is 7.18. The van der Waals surface area contributed by atoms with E-state index in [0.29, 0.717) is 18.8 Å². The minimum atomic E-state index is -3.58. The van der Waals surface area contributed by atoms with Crippen LogP contribution in [0.5, 0.6) is 5.88 Å². The Labute approximate surface area is 134 Å². The summed E-state index contributed by atoms with van der Waals surface area (Å²) in [6.45, 7) is 0.591. The highest BCUT2D eigenvalue weighted by Gasteiger charge is 2.33. The second kappa shape index (κ2) is 6.59. The van der Waals surface area contributed by atoms with Crippen LogP contribution in [-0.4, -0.2) is 41.9 Å². The fourth-order valence-corrected chi connectivity index (χ4v) is 4.06. The summed E-state index contributed by atoms with van der Waals surface area (Å²) >= 11 is 0. The van der Waals surface area contributed by atoms with Gasteiger partial charge in [-0.1, -0.05) is 18.2 Å². The molecular weight excluding hydrogens is 321 g/mol. The van der Waals surface area contributed by atoms with Crippen molar-refractivity contribution in [2.45, 2.75) is 18.3 Å². The van der Waals surface area contributed by atoms with Gasteiger partial charge in [-0.2, -0.15) is 4.31 Å². The minimum Gasteiger partial charge on any atom is -0.473 e. The largest absolute Gasteiger partial charge is 0.473 e. The Morgan fingerprint density at radius 2 is 2.13 bits per heavy atom. The molecule has 0 spiro atoms. The average Bonchev–Trinajstić information content (AvgIpc) is 3.00. The van der Waals surface area contributed by atoms with Crippen LogP contribution in [0.15, 0.2) is 42.9 Å². The van der Waals surface area contributed by atoms with Crippen LogP contribution in [0.1, 0.15) is 12.0 Å². The van der Waals surface area contributed by atoms with E-state index < -0.39 is 15.8 Å². The molecule has 8 heteroatoms. The monoisotopic (exact) mass is 337 g/mol. The molecule has 1 aromatic heterocycles. The number of sulfonamides is 1. The van der Waals surface area contributed by atoms with E-state index in [4.69, 9.17) is 4.74 Å². The molecule has 122 valence electrons. The third-order valence-electron chi connectivity index (χ3n) is 3.64. The van der Waals surface area contributed by atoms with Crippen molar-refractivity contribution in [2.24, 2.45) is 0 Å². The SMILES string of the molecule is O=S(=O)(Cc1ccccc1F)N1CC[C@H](Oc2ccncn2)C1. The fourth-order valence-electron chi connectivity index (χ4n) is 2.47. The van der Waals surface area contributed by atoms with Crippen LogP contribution >= 0.6 is 0 Å². The summed E-state index contributed by atoms with van der Waals surface area (Å²) < 4.78 is 45.5. The summed E-state index contributed by atoms with van der Waals surface area (Å²) in [7, 11) is -3.58. The van der Waals surface area contributed by atoms with Gasteiger partial charge in [0.15, 0.2) is 0 Å². The molecule has 1 aliphatic rings. The molecule has 0 amide bonds. The number of aromatic nitrogens is 2.